The minimum Gasteiger partial charge on any atom is -0.458 e. The predicted molar refractivity (Wildman–Crippen MR) is 73.4 cm³/mol. The third-order valence-corrected chi connectivity index (χ3v) is 2.93. The number of esters is 1. The van der Waals surface area contributed by atoms with Gasteiger partial charge in [-0.15, -0.1) is 0 Å². The number of H-pyrrole nitrogens is 1. The summed E-state index contributed by atoms with van der Waals surface area (Å²) < 4.78 is 6.72. The highest BCUT2D eigenvalue weighted by Crippen LogP contribution is 2.19. The largest absolute Gasteiger partial charge is 0.458 e. The van der Waals surface area contributed by atoms with Crippen LogP contribution in [0, 0.1) is 0 Å². The first-order chi connectivity index (χ1) is 8.78. The van der Waals surface area contributed by atoms with Gasteiger partial charge in [-0.05, 0) is 32.0 Å². The second kappa shape index (κ2) is 4.74. The number of halogens is 1. The van der Waals surface area contributed by atoms with Crippen molar-refractivity contribution in [3.05, 3.63) is 33.7 Å². The van der Waals surface area contributed by atoms with Crippen molar-refractivity contribution in [2.24, 2.45) is 0 Å². The summed E-state index contributed by atoms with van der Waals surface area (Å²) in [4.78, 5) is 25.7. The Kier molecular flexibility index (Phi) is 3.41. The molecule has 102 valence electrons. The highest BCUT2D eigenvalue weighted by atomic mass is 35.5. The van der Waals surface area contributed by atoms with Crippen LogP contribution in [0.3, 0.4) is 0 Å². The number of ether oxygens (including phenoxy) is 1. The Morgan fingerprint density at radius 3 is 2.79 bits per heavy atom. The third-order valence-electron chi connectivity index (χ3n) is 2.70. The van der Waals surface area contributed by atoms with Crippen molar-refractivity contribution in [2.45, 2.75) is 32.9 Å². The molecule has 1 aromatic carbocycles. The zero-order valence-corrected chi connectivity index (χ0v) is 11.7. The van der Waals surface area contributed by atoms with Gasteiger partial charge >= 0.3 is 11.7 Å². The van der Waals surface area contributed by atoms with Gasteiger partial charge in [0, 0.05) is 11.9 Å². The first-order valence-corrected chi connectivity index (χ1v) is 6.24. The van der Waals surface area contributed by atoms with Crippen molar-refractivity contribution < 1.29 is 9.53 Å². The minimum absolute atomic E-state index is 0.252. The summed E-state index contributed by atoms with van der Waals surface area (Å²) in [7, 11) is 0. The molecular weight excluding hydrogens is 268 g/mol. The number of nitrogens with zero attached hydrogens (tertiary/aromatic N) is 1. The molecule has 0 atom stereocenters. The molecular formula is C13H15ClN2O3. The lowest BCUT2D eigenvalue weighted by atomic mass is 10.1. The zero-order valence-electron chi connectivity index (χ0n) is 11.0. The SMILES string of the molecule is CC(=O)OC(C)(C)Cn1c(=O)[nH]c2ccc(Cl)cc21. The topological polar surface area (TPSA) is 64.1 Å². The maximum Gasteiger partial charge on any atom is 0.326 e. The van der Waals surface area contributed by atoms with Crippen LogP contribution in [-0.2, 0) is 16.1 Å². The van der Waals surface area contributed by atoms with Crippen LogP contribution in [0.2, 0.25) is 5.02 Å². The van der Waals surface area contributed by atoms with E-state index in [0.29, 0.717) is 16.1 Å². The van der Waals surface area contributed by atoms with Crippen LogP contribution < -0.4 is 5.69 Å². The van der Waals surface area contributed by atoms with Crippen LogP contribution in [0.1, 0.15) is 20.8 Å². The first kappa shape index (κ1) is 13.7. The lowest BCUT2D eigenvalue weighted by Crippen LogP contribution is -2.35. The maximum absolute atomic E-state index is 11.9. The molecule has 1 N–H and O–H groups in total. The quantitative estimate of drug-likeness (QED) is 0.879. The summed E-state index contributed by atoms with van der Waals surface area (Å²) in [6, 6.07) is 5.16. The zero-order chi connectivity index (χ0) is 14.2. The van der Waals surface area contributed by atoms with E-state index in [9.17, 15) is 9.59 Å². The molecule has 0 fully saturated rings. The summed E-state index contributed by atoms with van der Waals surface area (Å²) in [5, 5.41) is 0.547. The van der Waals surface area contributed by atoms with E-state index < -0.39 is 5.60 Å². The fourth-order valence-electron chi connectivity index (χ4n) is 2.09. The molecule has 0 saturated carbocycles. The van der Waals surface area contributed by atoms with Gasteiger partial charge in [0.1, 0.15) is 5.60 Å². The molecule has 2 aromatic rings. The van der Waals surface area contributed by atoms with Crippen LogP contribution in [0.25, 0.3) is 11.0 Å². The minimum atomic E-state index is -0.771. The van der Waals surface area contributed by atoms with Gasteiger partial charge in [0.05, 0.1) is 17.6 Å². The van der Waals surface area contributed by atoms with E-state index in [2.05, 4.69) is 4.98 Å². The normalized spacial score (nSPS) is 11.8. The lowest BCUT2D eigenvalue weighted by molar-refractivity contribution is -0.154. The fraction of sp³-hybridized carbons (Fsp3) is 0.385. The number of aromatic nitrogens is 2. The van der Waals surface area contributed by atoms with Crippen LogP contribution in [0.4, 0.5) is 0 Å². The van der Waals surface area contributed by atoms with Gasteiger partial charge in [-0.2, -0.15) is 0 Å². The number of hydrogen-bond donors (Lipinski definition) is 1. The average molecular weight is 283 g/mol. The molecule has 1 heterocycles. The molecule has 0 saturated heterocycles. The number of carbonyl (C=O) groups excluding carboxylic acids is 1. The van der Waals surface area contributed by atoms with Gasteiger partial charge in [-0.1, -0.05) is 11.6 Å². The van der Waals surface area contributed by atoms with Gasteiger partial charge in [0.25, 0.3) is 0 Å². The molecule has 0 aliphatic rings. The highest BCUT2D eigenvalue weighted by molar-refractivity contribution is 6.31. The standard InChI is InChI=1S/C13H15ClN2O3/c1-8(17)19-13(2,3)7-16-11-6-9(14)4-5-10(11)15-12(16)18/h4-6H,7H2,1-3H3,(H,15,18). The van der Waals surface area contributed by atoms with E-state index in [4.69, 9.17) is 16.3 Å². The van der Waals surface area contributed by atoms with E-state index >= 15 is 0 Å². The van der Waals surface area contributed by atoms with E-state index in [1.54, 1.807) is 32.0 Å². The molecule has 0 bridgehead atoms. The number of fused-ring (bicyclic) bond motifs is 1. The predicted octanol–water partition coefficient (Wildman–Crippen LogP) is 2.32. The second-order valence-electron chi connectivity index (χ2n) is 5.03. The summed E-state index contributed by atoms with van der Waals surface area (Å²) in [5.74, 6) is -0.379. The van der Waals surface area contributed by atoms with Gasteiger partial charge in [-0.25, -0.2) is 4.79 Å². The molecule has 19 heavy (non-hydrogen) atoms. The Labute approximate surface area is 115 Å². The number of carbonyl (C=O) groups is 1. The molecule has 0 radical (unpaired) electrons. The molecule has 1 aromatic heterocycles. The summed E-state index contributed by atoms with van der Waals surface area (Å²) in [6.07, 6.45) is 0. The smallest absolute Gasteiger partial charge is 0.326 e. The van der Waals surface area contributed by atoms with E-state index in [-0.39, 0.29) is 18.2 Å². The van der Waals surface area contributed by atoms with Crippen LogP contribution >= 0.6 is 11.6 Å². The van der Waals surface area contributed by atoms with E-state index in [0.717, 1.165) is 0 Å². The Morgan fingerprint density at radius 2 is 2.16 bits per heavy atom. The Morgan fingerprint density at radius 1 is 1.47 bits per heavy atom. The Hall–Kier alpha value is -1.75. The number of aromatic amines is 1. The molecule has 0 aliphatic heterocycles. The van der Waals surface area contributed by atoms with Crippen molar-refractivity contribution in [3.8, 4) is 0 Å². The fourth-order valence-corrected chi connectivity index (χ4v) is 2.25. The van der Waals surface area contributed by atoms with Gasteiger partial charge in [-0.3, -0.25) is 9.36 Å². The second-order valence-corrected chi connectivity index (χ2v) is 5.47. The van der Waals surface area contributed by atoms with Gasteiger partial charge in [0.2, 0.25) is 0 Å². The van der Waals surface area contributed by atoms with Gasteiger partial charge in [0.15, 0.2) is 0 Å². The van der Waals surface area contributed by atoms with Crippen molar-refractivity contribution in [1.29, 1.82) is 0 Å². The molecule has 2 rings (SSSR count). The average Bonchev–Trinajstić information content (AvgIpc) is 2.53. The van der Waals surface area contributed by atoms with Gasteiger partial charge < -0.3 is 9.72 Å². The Balaban J connectivity index is 2.45. The molecule has 0 spiro atoms. The summed E-state index contributed by atoms with van der Waals surface area (Å²) >= 11 is 5.94. The number of hydrogen-bond acceptors (Lipinski definition) is 3. The molecule has 5 nitrogen and oxygen atoms in total. The molecule has 0 amide bonds. The van der Waals surface area contributed by atoms with Crippen molar-refractivity contribution in [2.75, 3.05) is 0 Å². The van der Waals surface area contributed by atoms with Crippen LogP contribution in [0.5, 0.6) is 0 Å². The summed E-state index contributed by atoms with van der Waals surface area (Å²) in [5.41, 5.74) is 0.371. The van der Waals surface area contributed by atoms with E-state index in [1.165, 1.54) is 11.5 Å². The van der Waals surface area contributed by atoms with Crippen LogP contribution in [0.15, 0.2) is 23.0 Å². The van der Waals surface area contributed by atoms with Crippen molar-refractivity contribution in [1.82, 2.24) is 9.55 Å². The molecule has 0 unspecified atom stereocenters. The molecule has 0 aliphatic carbocycles. The van der Waals surface area contributed by atoms with E-state index in [1.807, 2.05) is 0 Å². The molecule has 6 heteroatoms. The number of imidazole rings is 1. The lowest BCUT2D eigenvalue weighted by Gasteiger charge is -2.24. The Bertz CT molecular complexity index is 685. The maximum atomic E-state index is 11.9. The number of nitrogens with one attached hydrogen (secondary N) is 1. The highest BCUT2D eigenvalue weighted by Gasteiger charge is 2.24. The third kappa shape index (κ3) is 2.98. The number of rotatable bonds is 3. The van der Waals surface area contributed by atoms with Crippen molar-refractivity contribution >= 4 is 28.6 Å². The van der Waals surface area contributed by atoms with Crippen molar-refractivity contribution in [3.63, 3.8) is 0 Å². The summed E-state index contributed by atoms with van der Waals surface area (Å²) in [6.45, 7) is 5.11. The van der Waals surface area contributed by atoms with Crippen LogP contribution in [-0.4, -0.2) is 21.1 Å². The monoisotopic (exact) mass is 282 g/mol. The first-order valence-electron chi connectivity index (χ1n) is 5.86. The number of benzene rings is 1.